The summed E-state index contributed by atoms with van der Waals surface area (Å²) < 4.78 is 5.75. The maximum atomic E-state index is 12.5. The van der Waals surface area contributed by atoms with Gasteiger partial charge in [-0.15, -0.1) is 0 Å². The molecule has 0 aromatic heterocycles. The third-order valence-corrected chi connectivity index (χ3v) is 4.96. The molecule has 1 aliphatic heterocycles. The van der Waals surface area contributed by atoms with Gasteiger partial charge in [0.05, 0.1) is 18.0 Å². The molecule has 0 radical (unpaired) electrons. The Bertz CT molecular complexity index is 860. The minimum Gasteiger partial charge on any atom is -0.493 e. The summed E-state index contributed by atoms with van der Waals surface area (Å²) in [5.74, 6) is 0.853. The van der Waals surface area contributed by atoms with Gasteiger partial charge in [-0.1, -0.05) is 29.8 Å². The number of rotatable bonds is 6. The van der Waals surface area contributed by atoms with Crippen molar-refractivity contribution in [1.29, 1.82) is 0 Å². The predicted octanol–water partition coefficient (Wildman–Crippen LogP) is 3.33. The Labute approximate surface area is 164 Å². The summed E-state index contributed by atoms with van der Waals surface area (Å²) in [5, 5.41) is 11.2. The highest BCUT2D eigenvalue weighted by atomic mass is 16.6. The lowest BCUT2D eigenvalue weighted by Gasteiger charge is -2.35. The molecular formula is C21H25N3O4. The molecule has 28 heavy (non-hydrogen) atoms. The third-order valence-electron chi connectivity index (χ3n) is 4.96. The molecule has 1 saturated heterocycles. The lowest BCUT2D eigenvalue weighted by atomic mass is 10.1. The molecule has 0 atom stereocenters. The SMILES string of the molecule is Cc1ccc(OCCC(=O)N2CCN(c3ccccc3[N+](=O)[O-])CC2)c(C)c1. The van der Waals surface area contributed by atoms with Gasteiger partial charge in [-0.05, 0) is 31.5 Å². The lowest BCUT2D eigenvalue weighted by molar-refractivity contribution is -0.384. The second-order valence-corrected chi connectivity index (χ2v) is 6.98. The molecule has 148 valence electrons. The van der Waals surface area contributed by atoms with E-state index in [0.29, 0.717) is 44.9 Å². The fourth-order valence-electron chi connectivity index (χ4n) is 3.45. The molecule has 1 fully saturated rings. The van der Waals surface area contributed by atoms with Gasteiger partial charge in [-0.3, -0.25) is 14.9 Å². The normalized spacial score (nSPS) is 14.1. The molecule has 7 heteroatoms. The van der Waals surface area contributed by atoms with Gasteiger partial charge >= 0.3 is 0 Å². The summed E-state index contributed by atoms with van der Waals surface area (Å²) in [6, 6.07) is 12.7. The lowest BCUT2D eigenvalue weighted by Crippen LogP contribution is -2.49. The van der Waals surface area contributed by atoms with Crippen molar-refractivity contribution in [2.75, 3.05) is 37.7 Å². The van der Waals surface area contributed by atoms with E-state index in [4.69, 9.17) is 4.74 Å². The predicted molar refractivity (Wildman–Crippen MR) is 108 cm³/mol. The second-order valence-electron chi connectivity index (χ2n) is 6.98. The number of anilines is 1. The zero-order chi connectivity index (χ0) is 20.1. The van der Waals surface area contributed by atoms with Crippen molar-refractivity contribution in [1.82, 2.24) is 4.90 Å². The highest BCUT2D eigenvalue weighted by Gasteiger charge is 2.25. The Hall–Kier alpha value is -3.09. The summed E-state index contributed by atoms with van der Waals surface area (Å²) >= 11 is 0. The van der Waals surface area contributed by atoms with E-state index >= 15 is 0 Å². The first-order valence-corrected chi connectivity index (χ1v) is 9.42. The van der Waals surface area contributed by atoms with Crippen molar-refractivity contribution >= 4 is 17.3 Å². The van der Waals surface area contributed by atoms with Crippen LogP contribution in [0.3, 0.4) is 0 Å². The smallest absolute Gasteiger partial charge is 0.292 e. The average molecular weight is 383 g/mol. The van der Waals surface area contributed by atoms with Crippen LogP contribution in [0, 0.1) is 24.0 Å². The number of carbonyl (C=O) groups excluding carboxylic acids is 1. The molecule has 0 spiro atoms. The van der Waals surface area contributed by atoms with Crippen LogP contribution in [0.25, 0.3) is 0 Å². The first-order chi connectivity index (χ1) is 13.5. The Balaban J connectivity index is 1.49. The Morgan fingerprint density at radius 2 is 1.82 bits per heavy atom. The van der Waals surface area contributed by atoms with Crippen LogP contribution in [-0.4, -0.2) is 48.5 Å². The van der Waals surface area contributed by atoms with Crippen LogP contribution in [0.1, 0.15) is 17.5 Å². The minimum atomic E-state index is -0.364. The number of nitro benzene ring substituents is 1. The summed E-state index contributed by atoms with van der Waals surface area (Å²) in [7, 11) is 0. The first kappa shape index (κ1) is 19.7. The summed E-state index contributed by atoms with van der Waals surface area (Å²) in [6.45, 7) is 6.62. The van der Waals surface area contributed by atoms with Gasteiger partial charge in [0.2, 0.25) is 5.91 Å². The van der Waals surface area contributed by atoms with E-state index in [2.05, 4.69) is 6.07 Å². The number of hydrogen-bond donors (Lipinski definition) is 0. The summed E-state index contributed by atoms with van der Waals surface area (Å²) in [5.41, 5.74) is 2.95. The highest BCUT2D eigenvalue weighted by Crippen LogP contribution is 2.28. The van der Waals surface area contributed by atoms with Crippen LogP contribution < -0.4 is 9.64 Å². The van der Waals surface area contributed by atoms with E-state index in [9.17, 15) is 14.9 Å². The van der Waals surface area contributed by atoms with E-state index in [-0.39, 0.29) is 16.5 Å². The molecule has 1 heterocycles. The minimum absolute atomic E-state index is 0.0481. The molecule has 1 aliphatic rings. The number of carbonyl (C=O) groups is 1. The van der Waals surface area contributed by atoms with Crippen LogP contribution in [0.15, 0.2) is 42.5 Å². The quantitative estimate of drug-likeness (QED) is 0.565. The zero-order valence-corrected chi connectivity index (χ0v) is 16.3. The highest BCUT2D eigenvalue weighted by molar-refractivity contribution is 5.77. The van der Waals surface area contributed by atoms with Crippen LogP contribution in [-0.2, 0) is 4.79 Å². The standard InChI is InChI=1S/C21H25N3O4/c1-16-7-8-20(17(2)15-16)28-14-9-21(25)23-12-10-22(11-13-23)18-5-3-4-6-19(18)24(26)27/h3-8,15H,9-14H2,1-2H3. The first-order valence-electron chi connectivity index (χ1n) is 9.42. The van der Waals surface area contributed by atoms with Gasteiger partial charge in [0.15, 0.2) is 0 Å². The molecule has 2 aromatic rings. The Kier molecular flexibility index (Phi) is 6.13. The van der Waals surface area contributed by atoms with Gasteiger partial charge in [0.25, 0.3) is 5.69 Å². The van der Waals surface area contributed by atoms with E-state index in [1.807, 2.05) is 30.9 Å². The molecule has 3 rings (SSSR count). The molecule has 0 aliphatic carbocycles. The summed E-state index contributed by atoms with van der Waals surface area (Å²) in [6.07, 6.45) is 0.318. The maximum absolute atomic E-state index is 12.5. The van der Waals surface area contributed by atoms with Gasteiger partial charge in [0, 0.05) is 32.2 Å². The van der Waals surface area contributed by atoms with Crippen molar-refractivity contribution in [3.8, 4) is 5.75 Å². The number of hydrogen-bond acceptors (Lipinski definition) is 5. The van der Waals surface area contributed by atoms with Gasteiger partial charge in [-0.2, -0.15) is 0 Å². The summed E-state index contributed by atoms with van der Waals surface area (Å²) in [4.78, 5) is 27.1. The number of amides is 1. The van der Waals surface area contributed by atoms with Crippen molar-refractivity contribution in [3.63, 3.8) is 0 Å². The number of ether oxygens (including phenoxy) is 1. The Morgan fingerprint density at radius 3 is 2.50 bits per heavy atom. The average Bonchev–Trinajstić information content (AvgIpc) is 2.69. The Morgan fingerprint density at radius 1 is 1.11 bits per heavy atom. The van der Waals surface area contributed by atoms with E-state index < -0.39 is 0 Å². The van der Waals surface area contributed by atoms with Crippen molar-refractivity contribution < 1.29 is 14.5 Å². The van der Waals surface area contributed by atoms with Gasteiger partial charge in [-0.25, -0.2) is 0 Å². The molecular weight excluding hydrogens is 358 g/mol. The third kappa shape index (κ3) is 4.60. The molecule has 0 bridgehead atoms. The van der Waals surface area contributed by atoms with Crippen LogP contribution in [0.4, 0.5) is 11.4 Å². The molecule has 7 nitrogen and oxygen atoms in total. The van der Waals surface area contributed by atoms with Crippen LogP contribution >= 0.6 is 0 Å². The molecule has 1 amide bonds. The molecule has 0 saturated carbocycles. The number of piperazine rings is 1. The fourth-order valence-corrected chi connectivity index (χ4v) is 3.45. The van der Waals surface area contributed by atoms with E-state index in [0.717, 1.165) is 11.3 Å². The van der Waals surface area contributed by atoms with Crippen molar-refractivity contribution in [2.45, 2.75) is 20.3 Å². The molecule has 2 aromatic carbocycles. The monoisotopic (exact) mass is 383 g/mol. The second kappa shape index (κ2) is 8.73. The molecule has 0 N–H and O–H groups in total. The number of benzene rings is 2. The largest absolute Gasteiger partial charge is 0.493 e. The van der Waals surface area contributed by atoms with Gasteiger partial charge < -0.3 is 14.5 Å². The fraction of sp³-hybridized carbons (Fsp3) is 0.381. The topological polar surface area (TPSA) is 75.9 Å². The van der Waals surface area contributed by atoms with Crippen molar-refractivity contribution in [2.24, 2.45) is 0 Å². The van der Waals surface area contributed by atoms with Gasteiger partial charge in [0.1, 0.15) is 11.4 Å². The van der Waals surface area contributed by atoms with E-state index in [1.54, 1.807) is 23.1 Å². The maximum Gasteiger partial charge on any atom is 0.292 e. The molecule has 0 unspecified atom stereocenters. The van der Waals surface area contributed by atoms with Crippen LogP contribution in [0.5, 0.6) is 5.75 Å². The van der Waals surface area contributed by atoms with Crippen molar-refractivity contribution in [3.05, 3.63) is 63.7 Å². The number of aryl methyl sites for hydroxylation is 2. The van der Waals surface area contributed by atoms with E-state index in [1.165, 1.54) is 11.6 Å². The number of para-hydroxylation sites is 2. The number of nitro groups is 1. The number of nitrogens with zero attached hydrogens (tertiary/aromatic N) is 3. The zero-order valence-electron chi connectivity index (χ0n) is 16.3. The van der Waals surface area contributed by atoms with Crippen LogP contribution in [0.2, 0.25) is 0 Å².